The van der Waals surface area contributed by atoms with Gasteiger partial charge in [0.2, 0.25) is 5.91 Å². The molecule has 0 aliphatic rings. The Labute approximate surface area is 163 Å². The normalized spacial score (nSPS) is 10.3. The quantitative estimate of drug-likeness (QED) is 0.377. The predicted molar refractivity (Wildman–Crippen MR) is 105 cm³/mol. The fraction of sp³-hybridized carbons (Fsp3) is 0.286. The molecule has 0 aliphatic carbocycles. The lowest BCUT2D eigenvalue weighted by Crippen LogP contribution is -2.15. The van der Waals surface area contributed by atoms with E-state index in [0.717, 1.165) is 19.3 Å². The van der Waals surface area contributed by atoms with Gasteiger partial charge in [-0.25, -0.2) is 4.79 Å². The molecule has 6 heteroatoms. The smallest absolute Gasteiger partial charge is 0.340 e. The van der Waals surface area contributed by atoms with Crippen LogP contribution in [-0.4, -0.2) is 24.3 Å². The lowest BCUT2D eigenvalue weighted by Gasteiger charge is -2.07. The van der Waals surface area contributed by atoms with E-state index in [4.69, 9.17) is 16.3 Å². The number of nitrogens with one attached hydrogen (secondary N) is 1. The topological polar surface area (TPSA) is 72.5 Å². The van der Waals surface area contributed by atoms with E-state index in [-0.39, 0.29) is 28.9 Å². The molecule has 5 nitrogen and oxygen atoms in total. The van der Waals surface area contributed by atoms with Gasteiger partial charge in [-0.2, -0.15) is 0 Å². The van der Waals surface area contributed by atoms with Crippen molar-refractivity contribution in [2.45, 2.75) is 32.6 Å². The minimum absolute atomic E-state index is 0.0452. The maximum atomic E-state index is 12.2. The summed E-state index contributed by atoms with van der Waals surface area (Å²) in [5, 5.41) is 3.07. The minimum atomic E-state index is -0.648. The van der Waals surface area contributed by atoms with Crippen molar-refractivity contribution in [1.29, 1.82) is 0 Å². The molecular formula is C21H22ClNO4. The average Bonchev–Trinajstić information content (AvgIpc) is 2.67. The van der Waals surface area contributed by atoms with Crippen LogP contribution in [0.2, 0.25) is 5.02 Å². The molecule has 0 spiro atoms. The molecule has 0 atom stereocenters. The van der Waals surface area contributed by atoms with Gasteiger partial charge in [0.1, 0.15) is 0 Å². The third-order valence-corrected chi connectivity index (χ3v) is 4.26. The number of hydrogen-bond donors (Lipinski definition) is 1. The second kappa shape index (κ2) is 10.5. The highest BCUT2D eigenvalue weighted by Gasteiger charge is 2.14. The predicted octanol–water partition coefficient (Wildman–Crippen LogP) is 4.90. The number of ketones is 1. The van der Waals surface area contributed by atoms with E-state index in [2.05, 4.69) is 12.2 Å². The summed E-state index contributed by atoms with van der Waals surface area (Å²) >= 11 is 5.93. The Kier molecular flexibility index (Phi) is 8.01. The van der Waals surface area contributed by atoms with Gasteiger partial charge >= 0.3 is 5.97 Å². The molecule has 0 fully saturated rings. The van der Waals surface area contributed by atoms with E-state index < -0.39 is 5.97 Å². The van der Waals surface area contributed by atoms with Crippen molar-refractivity contribution in [3.63, 3.8) is 0 Å². The van der Waals surface area contributed by atoms with Crippen LogP contribution in [0.15, 0.2) is 48.5 Å². The van der Waals surface area contributed by atoms with E-state index in [0.29, 0.717) is 17.7 Å². The van der Waals surface area contributed by atoms with Gasteiger partial charge in [-0.3, -0.25) is 9.59 Å². The van der Waals surface area contributed by atoms with Gasteiger partial charge in [-0.1, -0.05) is 43.5 Å². The van der Waals surface area contributed by atoms with Gasteiger partial charge in [0.05, 0.1) is 10.6 Å². The number of anilines is 1. The zero-order chi connectivity index (χ0) is 19.6. The largest absolute Gasteiger partial charge is 0.454 e. The molecule has 2 aromatic rings. The Hall–Kier alpha value is -2.66. The lowest BCUT2D eigenvalue weighted by molar-refractivity contribution is -0.116. The van der Waals surface area contributed by atoms with Gasteiger partial charge < -0.3 is 10.1 Å². The van der Waals surface area contributed by atoms with E-state index in [9.17, 15) is 14.4 Å². The highest BCUT2D eigenvalue weighted by Crippen LogP contribution is 2.16. The van der Waals surface area contributed by atoms with Crippen LogP contribution in [0.1, 0.15) is 53.3 Å². The number of amides is 1. The van der Waals surface area contributed by atoms with Crippen LogP contribution in [0.3, 0.4) is 0 Å². The van der Waals surface area contributed by atoms with Crippen molar-refractivity contribution in [3.05, 3.63) is 64.7 Å². The van der Waals surface area contributed by atoms with Crippen LogP contribution in [-0.2, 0) is 9.53 Å². The van der Waals surface area contributed by atoms with E-state index in [1.54, 1.807) is 42.5 Å². The van der Waals surface area contributed by atoms with Crippen LogP contribution in [0.25, 0.3) is 0 Å². The summed E-state index contributed by atoms with van der Waals surface area (Å²) in [6.07, 6.45) is 3.42. The fourth-order valence-corrected chi connectivity index (χ4v) is 2.63. The third-order valence-electron chi connectivity index (χ3n) is 3.93. The number of halogens is 1. The summed E-state index contributed by atoms with van der Waals surface area (Å²) in [4.78, 5) is 36.0. The average molecular weight is 388 g/mol. The van der Waals surface area contributed by atoms with Crippen LogP contribution in [0.5, 0.6) is 0 Å². The zero-order valence-corrected chi connectivity index (χ0v) is 15.9. The number of benzene rings is 2. The van der Waals surface area contributed by atoms with Crippen molar-refractivity contribution in [2.24, 2.45) is 0 Å². The molecule has 27 heavy (non-hydrogen) atoms. The number of carbonyl (C=O) groups excluding carboxylic acids is 3. The Morgan fingerprint density at radius 3 is 2.37 bits per heavy atom. The highest BCUT2D eigenvalue weighted by molar-refractivity contribution is 6.33. The van der Waals surface area contributed by atoms with Crippen molar-refractivity contribution < 1.29 is 19.1 Å². The molecule has 2 rings (SSSR count). The molecule has 0 aliphatic heterocycles. The number of unbranched alkanes of at least 4 members (excludes halogenated alkanes) is 2. The first-order valence-corrected chi connectivity index (χ1v) is 9.24. The number of ether oxygens (including phenoxy) is 1. The van der Waals surface area contributed by atoms with Gasteiger partial charge in [0, 0.05) is 17.7 Å². The van der Waals surface area contributed by atoms with E-state index in [1.807, 2.05) is 0 Å². The molecule has 0 aromatic heterocycles. The first-order chi connectivity index (χ1) is 13.0. The van der Waals surface area contributed by atoms with Crippen molar-refractivity contribution >= 4 is 34.9 Å². The SMILES string of the molecule is CCCCCC(=O)Nc1ccc(C(=O)COC(=O)c2ccccc2Cl)cc1. The molecular weight excluding hydrogens is 366 g/mol. The van der Waals surface area contributed by atoms with Gasteiger partial charge in [0.25, 0.3) is 0 Å². The van der Waals surface area contributed by atoms with E-state index >= 15 is 0 Å². The maximum Gasteiger partial charge on any atom is 0.340 e. The monoisotopic (exact) mass is 387 g/mol. The minimum Gasteiger partial charge on any atom is -0.454 e. The standard InChI is InChI=1S/C21H22ClNO4/c1-2-3-4-9-20(25)23-16-12-10-15(11-13-16)19(24)14-27-21(26)17-7-5-6-8-18(17)22/h5-8,10-13H,2-4,9,14H2,1H3,(H,23,25). The fourth-order valence-electron chi connectivity index (χ4n) is 2.42. The number of Topliss-reactive ketones (excluding diaryl/α,β-unsaturated/α-hetero) is 1. The summed E-state index contributed by atoms with van der Waals surface area (Å²) in [7, 11) is 0. The summed E-state index contributed by atoms with van der Waals surface area (Å²) in [6, 6.07) is 13.0. The van der Waals surface area contributed by atoms with Gasteiger partial charge in [-0.15, -0.1) is 0 Å². The molecule has 0 bridgehead atoms. The van der Waals surface area contributed by atoms with Crippen LogP contribution in [0.4, 0.5) is 5.69 Å². The summed E-state index contributed by atoms with van der Waals surface area (Å²) in [5.41, 5.74) is 1.24. The summed E-state index contributed by atoms with van der Waals surface area (Å²) in [5.74, 6) is -1.03. The first-order valence-electron chi connectivity index (χ1n) is 8.86. The van der Waals surface area contributed by atoms with Gasteiger partial charge in [-0.05, 0) is 42.8 Å². The molecule has 1 N–H and O–H groups in total. The molecule has 0 heterocycles. The van der Waals surface area contributed by atoms with Crippen molar-refractivity contribution in [1.82, 2.24) is 0 Å². The first kappa shape index (κ1) is 20.6. The van der Waals surface area contributed by atoms with Crippen LogP contribution >= 0.6 is 11.6 Å². The van der Waals surface area contributed by atoms with Crippen molar-refractivity contribution in [3.8, 4) is 0 Å². The molecule has 1 amide bonds. The second-order valence-electron chi connectivity index (χ2n) is 6.06. The molecule has 0 saturated carbocycles. The molecule has 2 aromatic carbocycles. The molecule has 142 valence electrons. The summed E-state index contributed by atoms with van der Waals surface area (Å²) in [6.45, 7) is 1.70. The summed E-state index contributed by atoms with van der Waals surface area (Å²) < 4.78 is 5.03. The Bertz CT molecular complexity index is 802. The Morgan fingerprint density at radius 2 is 1.70 bits per heavy atom. The van der Waals surface area contributed by atoms with Gasteiger partial charge in [0.15, 0.2) is 12.4 Å². The number of hydrogen-bond acceptors (Lipinski definition) is 4. The van der Waals surface area contributed by atoms with Crippen molar-refractivity contribution in [2.75, 3.05) is 11.9 Å². The second-order valence-corrected chi connectivity index (χ2v) is 6.47. The maximum absolute atomic E-state index is 12.2. The number of carbonyl (C=O) groups is 3. The molecule has 0 saturated heterocycles. The highest BCUT2D eigenvalue weighted by atomic mass is 35.5. The lowest BCUT2D eigenvalue weighted by atomic mass is 10.1. The van der Waals surface area contributed by atoms with Crippen LogP contribution in [0, 0.1) is 0 Å². The molecule has 0 radical (unpaired) electrons. The third kappa shape index (κ3) is 6.53. The van der Waals surface area contributed by atoms with Crippen LogP contribution < -0.4 is 5.32 Å². The zero-order valence-electron chi connectivity index (χ0n) is 15.2. The Balaban J connectivity index is 1.85. The molecule has 0 unspecified atom stereocenters. The van der Waals surface area contributed by atoms with E-state index in [1.165, 1.54) is 6.07 Å². The number of rotatable bonds is 9. The number of esters is 1. The Morgan fingerprint density at radius 1 is 1.00 bits per heavy atom.